The Morgan fingerprint density at radius 3 is 2.42 bits per heavy atom. The van der Waals surface area contributed by atoms with Crippen molar-refractivity contribution in [3.8, 4) is 0 Å². The van der Waals surface area contributed by atoms with Crippen LogP contribution in [0.15, 0.2) is 0 Å². The zero-order valence-corrected chi connectivity index (χ0v) is 12.5. The lowest BCUT2D eigenvalue weighted by Crippen LogP contribution is -2.71. The Kier molecular flexibility index (Phi) is 3.45. The molecule has 0 radical (unpaired) electrons. The number of tetrazole rings is 1. The topological polar surface area (TPSA) is 95.0 Å². The summed E-state index contributed by atoms with van der Waals surface area (Å²) in [5.41, 5.74) is -2.50. The van der Waals surface area contributed by atoms with E-state index in [9.17, 15) is 9.90 Å². The van der Waals surface area contributed by atoms with Gasteiger partial charge in [0.2, 0.25) is 9.70 Å². The van der Waals surface area contributed by atoms with Gasteiger partial charge in [-0.3, -0.25) is 4.79 Å². The van der Waals surface area contributed by atoms with Gasteiger partial charge >= 0.3 is 0 Å². The van der Waals surface area contributed by atoms with E-state index in [2.05, 4.69) is 20.6 Å². The van der Waals surface area contributed by atoms with Crippen LogP contribution in [0.3, 0.4) is 0 Å². The maximum absolute atomic E-state index is 12.3. The van der Waals surface area contributed by atoms with E-state index in [4.69, 9.17) is 34.8 Å². The number of hydrogen-bond acceptors (Lipinski definition) is 5. The molecule has 0 atom stereocenters. The number of alkyl halides is 3. The predicted octanol–water partition coefficient (Wildman–Crippen LogP) is 0.421. The first-order valence-electron chi connectivity index (χ1n) is 5.40. The second-order valence-corrected chi connectivity index (χ2v) is 7.33. The number of halogens is 3. The molecule has 1 aromatic rings. The number of hydrogen-bond donors (Lipinski definition) is 2. The number of H-pyrrole nitrogens is 1. The molecule has 7 nitrogen and oxygen atoms in total. The molecule has 0 bridgehead atoms. The molecule has 106 valence electrons. The van der Waals surface area contributed by atoms with E-state index in [1.807, 2.05) is 0 Å². The Labute approximate surface area is 124 Å². The van der Waals surface area contributed by atoms with Crippen molar-refractivity contribution in [3.63, 3.8) is 0 Å². The Balaban J connectivity index is 2.09. The molecule has 0 aliphatic carbocycles. The van der Waals surface area contributed by atoms with Crippen molar-refractivity contribution < 1.29 is 9.90 Å². The van der Waals surface area contributed by atoms with Gasteiger partial charge in [0.1, 0.15) is 11.0 Å². The third-order valence-corrected chi connectivity index (χ3v) is 4.21. The fraction of sp³-hybridized carbons (Fsp3) is 0.778. The highest BCUT2D eigenvalue weighted by atomic mass is 35.6. The summed E-state index contributed by atoms with van der Waals surface area (Å²) < 4.78 is -1.83. The molecule has 10 heteroatoms. The van der Waals surface area contributed by atoms with Crippen molar-refractivity contribution in [2.24, 2.45) is 0 Å². The van der Waals surface area contributed by atoms with Crippen LogP contribution in [0.2, 0.25) is 0 Å². The standard InChI is InChI=1S/C9H12Cl3N5O2/c1-7(2,5-13-15-16-14-5)6(18)17-3-8(19,4-17)9(10,11)12/h19H,3-4H2,1-2H3,(H,13,14,15,16). The second kappa shape index (κ2) is 4.44. The molecule has 1 aliphatic rings. The number of aromatic amines is 1. The van der Waals surface area contributed by atoms with Gasteiger partial charge in [-0.15, -0.1) is 10.2 Å². The maximum Gasteiger partial charge on any atom is 0.236 e. The smallest absolute Gasteiger partial charge is 0.236 e. The van der Waals surface area contributed by atoms with Crippen LogP contribution in [-0.4, -0.2) is 59.0 Å². The summed E-state index contributed by atoms with van der Waals surface area (Å²) >= 11 is 17.0. The molecule has 0 spiro atoms. The lowest BCUT2D eigenvalue weighted by Gasteiger charge is -2.51. The summed E-state index contributed by atoms with van der Waals surface area (Å²) in [5, 5.41) is 23.3. The highest BCUT2D eigenvalue weighted by molar-refractivity contribution is 6.68. The van der Waals surface area contributed by atoms with E-state index >= 15 is 0 Å². The fourth-order valence-electron chi connectivity index (χ4n) is 1.83. The summed E-state index contributed by atoms with van der Waals surface area (Å²) in [6.45, 7) is 3.22. The van der Waals surface area contributed by atoms with Crippen LogP contribution < -0.4 is 0 Å². The van der Waals surface area contributed by atoms with Gasteiger partial charge in [0.05, 0.1) is 13.1 Å². The SMILES string of the molecule is CC(C)(C(=O)N1CC(O)(C(Cl)(Cl)Cl)C1)c1nn[nH]n1. The van der Waals surface area contributed by atoms with E-state index in [-0.39, 0.29) is 24.8 Å². The van der Waals surface area contributed by atoms with Gasteiger partial charge in [0.15, 0.2) is 5.82 Å². The van der Waals surface area contributed by atoms with Crippen molar-refractivity contribution in [1.82, 2.24) is 25.5 Å². The van der Waals surface area contributed by atoms with E-state index in [1.54, 1.807) is 13.8 Å². The number of amides is 1. The molecule has 1 aromatic heterocycles. The molecular formula is C9H12Cl3N5O2. The van der Waals surface area contributed by atoms with E-state index in [0.717, 1.165) is 0 Å². The summed E-state index contributed by atoms with van der Waals surface area (Å²) in [5.74, 6) is -0.00496. The fourth-order valence-corrected chi connectivity index (χ4v) is 2.18. The number of likely N-dealkylation sites (tertiary alicyclic amines) is 1. The van der Waals surface area contributed by atoms with Crippen LogP contribution in [0, 0.1) is 0 Å². The van der Waals surface area contributed by atoms with Crippen molar-refractivity contribution >= 4 is 40.7 Å². The lowest BCUT2D eigenvalue weighted by molar-refractivity contribution is -0.159. The first kappa shape index (κ1) is 14.8. The number of nitrogens with one attached hydrogen (secondary N) is 1. The molecule has 0 unspecified atom stereocenters. The number of carbonyl (C=O) groups excluding carboxylic acids is 1. The van der Waals surface area contributed by atoms with Gasteiger partial charge in [-0.1, -0.05) is 40.0 Å². The second-order valence-electron chi connectivity index (χ2n) is 5.05. The zero-order valence-electron chi connectivity index (χ0n) is 10.2. The van der Waals surface area contributed by atoms with Crippen molar-refractivity contribution in [2.75, 3.05) is 13.1 Å². The molecule has 1 aliphatic heterocycles. The number of carbonyl (C=O) groups is 1. The van der Waals surface area contributed by atoms with Gasteiger partial charge < -0.3 is 10.0 Å². The molecular weight excluding hydrogens is 316 g/mol. The predicted molar refractivity (Wildman–Crippen MR) is 69.0 cm³/mol. The van der Waals surface area contributed by atoms with Crippen LogP contribution in [0.1, 0.15) is 19.7 Å². The normalized spacial score (nSPS) is 19.2. The zero-order chi connectivity index (χ0) is 14.5. The summed E-state index contributed by atoms with van der Waals surface area (Å²) in [6.07, 6.45) is 0. The molecule has 2 rings (SSSR count). The van der Waals surface area contributed by atoms with E-state index in [1.165, 1.54) is 4.90 Å². The van der Waals surface area contributed by atoms with E-state index in [0.29, 0.717) is 0 Å². The minimum atomic E-state index is -1.83. The van der Waals surface area contributed by atoms with Crippen LogP contribution in [0.5, 0.6) is 0 Å². The molecule has 2 heterocycles. The number of aromatic nitrogens is 4. The summed E-state index contributed by atoms with van der Waals surface area (Å²) in [4.78, 5) is 13.7. The Morgan fingerprint density at radius 1 is 1.42 bits per heavy atom. The minimum absolute atomic E-state index is 0.0520. The highest BCUT2D eigenvalue weighted by Crippen LogP contribution is 2.44. The number of rotatable bonds is 2. The lowest BCUT2D eigenvalue weighted by atomic mass is 9.86. The molecule has 1 saturated heterocycles. The number of nitrogens with zero attached hydrogens (tertiary/aromatic N) is 4. The first-order valence-corrected chi connectivity index (χ1v) is 6.54. The van der Waals surface area contributed by atoms with Gasteiger partial charge in [0, 0.05) is 0 Å². The van der Waals surface area contributed by atoms with Crippen molar-refractivity contribution in [2.45, 2.75) is 28.7 Å². The highest BCUT2D eigenvalue weighted by Gasteiger charge is 2.58. The van der Waals surface area contributed by atoms with E-state index < -0.39 is 14.8 Å². The third-order valence-electron chi connectivity index (χ3n) is 3.16. The molecule has 0 aromatic carbocycles. The molecule has 19 heavy (non-hydrogen) atoms. The van der Waals surface area contributed by atoms with Crippen molar-refractivity contribution in [1.29, 1.82) is 0 Å². The van der Waals surface area contributed by atoms with Gasteiger partial charge in [0.25, 0.3) is 0 Å². The largest absolute Gasteiger partial charge is 0.382 e. The average molecular weight is 329 g/mol. The Hall–Kier alpha value is -0.630. The summed E-state index contributed by atoms with van der Waals surface area (Å²) in [7, 11) is 0. The Morgan fingerprint density at radius 2 is 2.00 bits per heavy atom. The molecule has 0 saturated carbocycles. The number of aliphatic hydroxyl groups is 1. The minimum Gasteiger partial charge on any atom is -0.382 e. The average Bonchev–Trinajstić information content (AvgIpc) is 2.75. The monoisotopic (exact) mass is 327 g/mol. The van der Waals surface area contributed by atoms with Crippen molar-refractivity contribution in [3.05, 3.63) is 5.82 Å². The number of β-amino-alcohol motifs (C(OH)–C–C–N with tert-alkyl or cyclic N) is 1. The quantitative estimate of drug-likeness (QED) is 0.767. The molecule has 1 amide bonds. The van der Waals surface area contributed by atoms with Crippen LogP contribution in [-0.2, 0) is 10.2 Å². The summed E-state index contributed by atoms with van der Waals surface area (Å²) in [6, 6.07) is 0. The third kappa shape index (κ3) is 2.40. The molecule has 1 fully saturated rings. The van der Waals surface area contributed by atoms with Crippen LogP contribution in [0.25, 0.3) is 0 Å². The maximum atomic E-state index is 12.3. The van der Waals surface area contributed by atoms with Crippen LogP contribution >= 0.6 is 34.8 Å². The first-order chi connectivity index (χ1) is 8.58. The van der Waals surface area contributed by atoms with Crippen LogP contribution in [0.4, 0.5) is 0 Å². The molecule has 2 N–H and O–H groups in total. The van der Waals surface area contributed by atoms with Gasteiger partial charge in [-0.2, -0.15) is 5.21 Å². The van der Waals surface area contributed by atoms with Gasteiger partial charge in [-0.05, 0) is 13.8 Å². The Bertz CT molecular complexity index is 479. The van der Waals surface area contributed by atoms with Gasteiger partial charge in [-0.25, -0.2) is 0 Å².